The summed E-state index contributed by atoms with van der Waals surface area (Å²) in [7, 11) is 1.66. The molecule has 2 aromatic carbocycles. The average Bonchev–Trinajstić information content (AvgIpc) is 2.71. The predicted octanol–water partition coefficient (Wildman–Crippen LogP) is 4.10. The van der Waals surface area contributed by atoms with Gasteiger partial charge in [0.15, 0.2) is 5.96 Å². The molecule has 30 heavy (non-hydrogen) atoms. The molecule has 0 saturated heterocycles. The Morgan fingerprint density at radius 3 is 2.20 bits per heavy atom. The fraction of sp³-hybridized carbons (Fsp3) is 0.364. The lowest BCUT2D eigenvalue weighted by molar-refractivity contribution is 0.250. The summed E-state index contributed by atoms with van der Waals surface area (Å²) in [4.78, 5) is 16.4. The molecule has 0 fully saturated rings. The van der Waals surface area contributed by atoms with E-state index >= 15 is 0 Å². The molecular formula is C22H32IN5O2. The summed E-state index contributed by atoms with van der Waals surface area (Å²) in [6.45, 7) is 7.87. The van der Waals surface area contributed by atoms with Gasteiger partial charge in [0, 0.05) is 24.8 Å². The van der Waals surface area contributed by atoms with Crippen LogP contribution in [0.4, 0.5) is 10.5 Å². The van der Waals surface area contributed by atoms with E-state index in [0.29, 0.717) is 13.1 Å². The molecule has 2 aromatic rings. The fourth-order valence-electron chi connectivity index (χ4n) is 2.56. The van der Waals surface area contributed by atoms with Gasteiger partial charge in [-0.1, -0.05) is 24.3 Å². The number of nitrogens with zero attached hydrogens (tertiary/aromatic N) is 1. The molecule has 0 spiro atoms. The normalized spacial score (nSPS) is 10.8. The van der Waals surface area contributed by atoms with E-state index < -0.39 is 0 Å². The number of hydrogen-bond acceptors (Lipinski definition) is 3. The van der Waals surface area contributed by atoms with Gasteiger partial charge in [-0.15, -0.1) is 24.0 Å². The number of anilines is 1. The second-order valence-corrected chi connectivity index (χ2v) is 6.85. The number of aliphatic imine (C=N–C) groups is 1. The zero-order chi connectivity index (χ0) is 21.1. The van der Waals surface area contributed by atoms with Gasteiger partial charge in [-0.2, -0.15) is 0 Å². The molecule has 2 amide bonds. The number of nitrogens with one attached hydrogen (secondary N) is 4. The first-order valence-electron chi connectivity index (χ1n) is 9.81. The highest BCUT2D eigenvalue weighted by Crippen LogP contribution is 2.12. The zero-order valence-corrected chi connectivity index (χ0v) is 20.3. The molecule has 7 nitrogen and oxygen atoms in total. The molecule has 0 saturated carbocycles. The highest BCUT2D eigenvalue weighted by atomic mass is 127. The quantitative estimate of drug-likeness (QED) is 0.238. The van der Waals surface area contributed by atoms with E-state index in [1.54, 1.807) is 7.11 Å². The first-order valence-corrected chi connectivity index (χ1v) is 9.81. The lowest BCUT2D eigenvalue weighted by atomic mass is 10.2. The van der Waals surface area contributed by atoms with Crippen LogP contribution in [0.3, 0.4) is 0 Å². The Balaban J connectivity index is 0.00000450. The van der Waals surface area contributed by atoms with Crippen molar-refractivity contribution in [3.63, 3.8) is 0 Å². The monoisotopic (exact) mass is 525 g/mol. The molecule has 0 aliphatic heterocycles. The van der Waals surface area contributed by atoms with Gasteiger partial charge in [-0.25, -0.2) is 9.79 Å². The van der Waals surface area contributed by atoms with Gasteiger partial charge in [0.25, 0.3) is 0 Å². The Hall–Kier alpha value is -2.49. The zero-order valence-electron chi connectivity index (χ0n) is 18.0. The molecule has 4 N–H and O–H groups in total. The van der Waals surface area contributed by atoms with E-state index in [2.05, 4.69) is 26.3 Å². The topological polar surface area (TPSA) is 86.8 Å². The van der Waals surface area contributed by atoms with E-state index in [0.717, 1.165) is 35.1 Å². The van der Waals surface area contributed by atoms with Crippen molar-refractivity contribution in [3.05, 3.63) is 59.7 Å². The second kappa shape index (κ2) is 13.7. The van der Waals surface area contributed by atoms with E-state index in [1.165, 1.54) is 0 Å². The molecule has 0 bridgehead atoms. The molecule has 8 heteroatoms. The van der Waals surface area contributed by atoms with Crippen LogP contribution in [0.1, 0.15) is 31.9 Å². The maximum atomic E-state index is 11.8. The van der Waals surface area contributed by atoms with Crippen molar-refractivity contribution in [2.75, 3.05) is 19.0 Å². The van der Waals surface area contributed by atoms with E-state index in [4.69, 9.17) is 4.74 Å². The molecule has 0 atom stereocenters. The molecular weight excluding hydrogens is 493 g/mol. The molecule has 0 unspecified atom stereocenters. The first kappa shape index (κ1) is 25.5. The average molecular weight is 525 g/mol. The number of methoxy groups -OCH3 is 1. The Morgan fingerprint density at radius 1 is 1.00 bits per heavy atom. The third kappa shape index (κ3) is 9.34. The van der Waals surface area contributed by atoms with Gasteiger partial charge in [-0.3, -0.25) is 0 Å². The fourth-order valence-corrected chi connectivity index (χ4v) is 2.56. The van der Waals surface area contributed by atoms with Crippen LogP contribution in [0.15, 0.2) is 53.5 Å². The van der Waals surface area contributed by atoms with Crippen molar-refractivity contribution in [3.8, 4) is 5.75 Å². The summed E-state index contributed by atoms with van der Waals surface area (Å²) >= 11 is 0. The van der Waals surface area contributed by atoms with Crippen molar-refractivity contribution in [1.29, 1.82) is 0 Å². The van der Waals surface area contributed by atoms with Crippen molar-refractivity contribution >= 4 is 41.7 Å². The number of rotatable bonds is 8. The maximum Gasteiger partial charge on any atom is 0.319 e. The van der Waals surface area contributed by atoms with E-state index in [-0.39, 0.29) is 36.0 Å². The smallest absolute Gasteiger partial charge is 0.319 e. The highest BCUT2D eigenvalue weighted by Gasteiger charge is 2.04. The summed E-state index contributed by atoms with van der Waals surface area (Å²) in [6, 6.07) is 15.5. The maximum absolute atomic E-state index is 11.8. The Bertz CT molecular complexity index is 792. The number of carbonyl (C=O) groups is 1. The van der Waals surface area contributed by atoms with Crippen LogP contribution < -0.4 is 26.0 Å². The summed E-state index contributed by atoms with van der Waals surface area (Å²) in [5, 5.41) is 12.2. The SMILES string of the molecule is CCNC(=NCc1ccc(OC)cc1)NCc1ccc(NC(=O)NC(C)C)cc1.I. The summed E-state index contributed by atoms with van der Waals surface area (Å²) in [6.07, 6.45) is 0. The van der Waals surface area contributed by atoms with Crippen LogP contribution in [-0.4, -0.2) is 31.7 Å². The predicted molar refractivity (Wildman–Crippen MR) is 134 cm³/mol. The number of guanidine groups is 1. The Labute approximate surface area is 196 Å². The third-order valence-electron chi connectivity index (χ3n) is 4.01. The number of hydrogen-bond donors (Lipinski definition) is 4. The molecule has 0 aromatic heterocycles. The van der Waals surface area contributed by atoms with Gasteiger partial charge in [0.1, 0.15) is 5.75 Å². The minimum absolute atomic E-state index is 0. The number of amides is 2. The number of halogens is 1. The van der Waals surface area contributed by atoms with Gasteiger partial charge < -0.3 is 26.0 Å². The molecule has 2 rings (SSSR count). The highest BCUT2D eigenvalue weighted by molar-refractivity contribution is 14.0. The van der Waals surface area contributed by atoms with Gasteiger partial charge in [-0.05, 0) is 56.2 Å². The van der Waals surface area contributed by atoms with Crippen molar-refractivity contribution in [1.82, 2.24) is 16.0 Å². The van der Waals surface area contributed by atoms with Crippen LogP contribution in [-0.2, 0) is 13.1 Å². The molecule has 0 radical (unpaired) electrons. The van der Waals surface area contributed by atoms with Gasteiger partial charge >= 0.3 is 6.03 Å². The van der Waals surface area contributed by atoms with Crippen molar-refractivity contribution in [2.45, 2.75) is 39.9 Å². The van der Waals surface area contributed by atoms with Crippen LogP contribution >= 0.6 is 24.0 Å². The third-order valence-corrected chi connectivity index (χ3v) is 4.01. The summed E-state index contributed by atoms with van der Waals surface area (Å²) < 4.78 is 5.18. The Kier molecular flexibility index (Phi) is 11.7. The van der Waals surface area contributed by atoms with E-state index in [9.17, 15) is 4.79 Å². The van der Waals surface area contributed by atoms with Crippen molar-refractivity contribution in [2.24, 2.45) is 4.99 Å². The van der Waals surface area contributed by atoms with Crippen LogP contribution in [0.25, 0.3) is 0 Å². The van der Waals surface area contributed by atoms with Crippen molar-refractivity contribution < 1.29 is 9.53 Å². The van der Waals surface area contributed by atoms with Crippen LogP contribution in [0.5, 0.6) is 5.75 Å². The molecule has 164 valence electrons. The number of ether oxygens (including phenoxy) is 1. The standard InChI is InChI=1S/C22H31N5O2.HI/c1-5-23-21(25-15-18-8-12-20(29-4)13-9-18)24-14-17-6-10-19(11-7-17)27-22(28)26-16(2)3;/h6-13,16H,5,14-15H2,1-4H3,(H2,23,24,25)(H2,26,27,28);1H. The second-order valence-electron chi connectivity index (χ2n) is 6.85. The van der Waals surface area contributed by atoms with E-state index in [1.807, 2.05) is 69.3 Å². The first-order chi connectivity index (χ1) is 14.0. The van der Waals surface area contributed by atoms with Gasteiger partial charge in [0.2, 0.25) is 0 Å². The molecule has 0 aliphatic rings. The molecule has 0 aliphatic carbocycles. The minimum atomic E-state index is -0.203. The number of carbonyl (C=O) groups excluding carboxylic acids is 1. The number of urea groups is 1. The summed E-state index contributed by atoms with van der Waals surface area (Å²) in [5.74, 6) is 1.59. The molecule has 0 heterocycles. The van der Waals surface area contributed by atoms with Gasteiger partial charge in [0.05, 0.1) is 13.7 Å². The van der Waals surface area contributed by atoms with Crippen LogP contribution in [0.2, 0.25) is 0 Å². The lowest BCUT2D eigenvalue weighted by Crippen LogP contribution is -2.36. The van der Waals surface area contributed by atoms with Crippen LogP contribution in [0, 0.1) is 0 Å². The lowest BCUT2D eigenvalue weighted by Gasteiger charge is -2.13. The summed E-state index contributed by atoms with van der Waals surface area (Å²) in [5.41, 5.74) is 2.96. The minimum Gasteiger partial charge on any atom is -0.497 e. The Morgan fingerprint density at radius 2 is 1.63 bits per heavy atom. The number of benzene rings is 2. The largest absolute Gasteiger partial charge is 0.497 e.